The molecule has 3 heterocycles. The maximum Gasteiger partial charge on any atom is 0.150 e. The van der Waals surface area contributed by atoms with Crippen molar-refractivity contribution in [3.8, 4) is 11.3 Å². The molecule has 6 rings (SSSR count). The Morgan fingerprint density at radius 1 is 1.00 bits per heavy atom. The van der Waals surface area contributed by atoms with Gasteiger partial charge in [-0.25, -0.2) is 15.0 Å². The third kappa shape index (κ3) is 3.23. The van der Waals surface area contributed by atoms with Crippen molar-refractivity contribution in [3.63, 3.8) is 0 Å². The lowest BCUT2D eigenvalue weighted by atomic mass is 9.82. The standard InChI is InChI=1S/C25H22N6O/c26-24-22-13-27-25(17-10-19(32)11-17)31(22)14-21(30-24)16-7-6-15-8-9-23(29-20(15)12-16)28-18-4-2-1-3-5-18/h1-9,12-14,17,19,32H,10-11H2,(H2,26,30)(H,28,29). The molecule has 0 bridgehead atoms. The van der Waals surface area contributed by atoms with Gasteiger partial charge in [-0.1, -0.05) is 30.3 Å². The van der Waals surface area contributed by atoms with Crippen LogP contribution in [0.25, 0.3) is 27.7 Å². The van der Waals surface area contributed by atoms with E-state index in [1.165, 1.54) is 0 Å². The molecule has 32 heavy (non-hydrogen) atoms. The summed E-state index contributed by atoms with van der Waals surface area (Å²) < 4.78 is 2.01. The number of nitrogens with one attached hydrogen (secondary N) is 1. The molecule has 7 nitrogen and oxygen atoms in total. The van der Waals surface area contributed by atoms with E-state index in [4.69, 9.17) is 10.7 Å². The summed E-state index contributed by atoms with van der Waals surface area (Å²) in [5.74, 6) is 2.39. The molecule has 3 aromatic heterocycles. The van der Waals surface area contributed by atoms with E-state index in [0.29, 0.717) is 5.82 Å². The molecule has 0 aliphatic heterocycles. The van der Waals surface area contributed by atoms with Crippen molar-refractivity contribution in [2.45, 2.75) is 24.9 Å². The number of nitrogen functional groups attached to an aromatic ring is 1. The Hall–Kier alpha value is -3.97. The van der Waals surface area contributed by atoms with Gasteiger partial charge in [0.25, 0.3) is 0 Å². The van der Waals surface area contributed by atoms with Crippen LogP contribution in [0, 0.1) is 0 Å². The lowest BCUT2D eigenvalue weighted by Crippen LogP contribution is -2.28. The van der Waals surface area contributed by atoms with Gasteiger partial charge in [-0.15, -0.1) is 0 Å². The Balaban J connectivity index is 1.39. The van der Waals surface area contributed by atoms with Crippen LogP contribution in [0.5, 0.6) is 0 Å². The molecule has 7 heteroatoms. The number of nitrogens with zero attached hydrogens (tertiary/aromatic N) is 4. The monoisotopic (exact) mass is 422 g/mol. The normalized spacial score (nSPS) is 18.0. The number of pyridine rings is 1. The van der Waals surface area contributed by atoms with Crippen molar-refractivity contribution in [2.24, 2.45) is 0 Å². The Labute approximate surface area is 184 Å². The smallest absolute Gasteiger partial charge is 0.150 e. The third-order valence-corrected chi connectivity index (χ3v) is 6.09. The summed E-state index contributed by atoms with van der Waals surface area (Å²) >= 11 is 0. The zero-order chi connectivity index (χ0) is 21.7. The molecule has 5 aromatic rings. The van der Waals surface area contributed by atoms with E-state index in [-0.39, 0.29) is 12.0 Å². The molecule has 0 radical (unpaired) electrons. The van der Waals surface area contributed by atoms with Gasteiger partial charge in [-0.2, -0.15) is 0 Å². The Bertz CT molecular complexity index is 1440. The summed E-state index contributed by atoms with van der Waals surface area (Å²) in [5, 5.41) is 14.1. The van der Waals surface area contributed by atoms with Crippen molar-refractivity contribution in [2.75, 3.05) is 11.1 Å². The highest BCUT2D eigenvalue weighted by Crippen LogP contribution is 2.37. The van der Waals surface area contributed by atoms with Crippen LogP contribution in [0.2, 0.25) is 0 Å². The molecule has 0 spiro atoms. The number of aliphatic hydroxyl groups is 1. The average Bonchev–Trinajstić information content (AvgIpc) is 3.21. The second-order valence-electron chi connectivity index (χ2n) is 8.30. The maximum absolute atomic E-state index is 9.71. The largest absolute Gasteiger partial charge is 0.393 e. The number of hydrogen-bond acceptors (Lipinski definition) is 6. The van der Waals surface area contributed by atoms with Gasteiger partial charge in [0.05, 0.1) is 23.5 Å². The van der Waals surface area contributed by atoms with Crippen molar-refractivity contribution in [1.29, 1.82) is 0 Å². The van der Waals surface area contributed by atoms with Crippen LogP contribution < -0.4 is 11.1 Å². The molecule has 1 saturated carbocycles. The van der Waals surface area contributed by atoms with Gasteiger partial charge in [0.2, 0.25) is 0 Å². The first-order valence-electron chi connectivity index (χ1n) is 10.7. The fraction of sp³-hybridized carbons (Fsp3) is 0.160. The van der Waals surface area contributed by atoms with Gasteiger partial charge in [0, 0.05) is 28.8 Å². The molecule has 1 aliphatic carbocycles. The van der Waals surface area contributed by atoms with Crippen molar-refractivity contribution in [1.82, 2.24) is 19.4 Å². The van der Waals surface area contributed by atoms with Gasteiger partial charge in [-0.3, -0.25) is 4.40 Å². The number of imidazole rings is 1. The first kappa shape index (κ1) is 18.8. The van der Waals surface area contributed by atoms with Gasteiger partial charge in [0.1, 0.15) is 23.0 Å². The number of aromatic nitrogens is 4. The lowest BCUT2D eigenvalue weighted by molar-refractivity contribution is 0.0715. The van der Waals surface area contributed by atoms with E-state index >= 15 is 0 Å². The molecule has 2 aromatic carbocycles. The fourth-order valence-electron chi connectivity index (χ4n) is 4.29. The average molecular weight is 422 g/mol. The second-order valence-corrected chi connectivity index (χ2v) is 8.30. The summed E-state index contributed by atoms with van der Waals surface area (Å²) in [6, 6.07) is 20.1. The molecule has 4 N–H and O–H groups in total. The van der Waals surface area contributed by atoms with E-state index < -0.39 is 0 Å². The molecule has 1 aliphatic rings. The molecule has 1 fully saturated rings. The highest BCUT2D eigenvalue weighted by Gasteiger charge is 2.32. The lowest BCUT2D eigenvalue weighted by Gasteiger charge is -2.30. The minimum Gasteiger partial charge on any atom is -0.393 e. The topological polar surface area (TPSA) is 101 Å². The van der Waals surface area contributed by atoms with Crippen molar-refractivity contribution < 1.29 is 5.11 Å². The van der Waals surface area contributed by atoms with Crippen LogP contribution in [0.4, 0.5) is 17.3 Å². The molecule has 0 saturated heterocycles. The van der Waals surface area contributed by atoms with E-state index in [9.17, 15) is 5.11 Å². The highest BCUT2D eigenvalue weighted by atomic mass is 16.3. The van der Waals surface area contributed by atoms with Crippen molar-refractivity contribution in [3.05, 3.63) is 78.9 Å². The zero-order valence-corrected chi connectivity index (χ0v) is 17.3. The highest BCUT2D eigenvalue weighted by molar-refractivity contribution is 5.85. The molecule has 0 unspecified atom stereocenters. The molecule has 158 valence electrons. The van der Waals surface area contributed by atoms with Gasteiger partial charge >= 0.3 is 0 Å². The second kappa shape index (κ2) is 7.32. The Morgan fingerprint density at radius 2 is 1.81 bits per heavy atom. The first-order valence-corrected chi connectivity index (χ1v) is 10.7. The van der Waals surface area contributed by atoms with Crippen molar-refractivity contribution >= 4 is 33.7 Å². The number of nitrogens with two attached hydrogens (primary N) is 1. The maximum atomic E-state index is 9.71. The number of rotatable bonds is 4. The Kier molecular flexibility index (Phi) is 4.29. The molecule has 0 amide bonds. The number of aliphatic hydroxyl groups excluding tert-OH is 1. The minimum absolute atomic E-state index is 0.240. The summed E-state index contributed by atoms with van der Waals surface area (Å²) in [4.78, 5) is 14.0. The predicted molar refractivity (Wildman–Crippen MR) is 126 cm³/mol. The summed E-state index contributed by atoms with van der Waals surface area (Å²) in [7, 11) is 0. The number of para-hydroxylation sites is 1. The number of anilines is 3. The fourth-order valence-corrected chi connectivity index (χ4v) is 4.29. The zero-order valence-electron chi connectivity index (χ0n) is 17.3. The molecular formula is C25H22N6O. The Morgan fingerprint density at radius 3 is 2.62 bits per heavy atom. The minimum atomic E-state index is -0.240. The number of fused-ring (bicyclic) bond motifs is 2. The summed E-state index contributed by atoms with van der Waals surface area (Å²) in [6.07, 6.45) is 4.96. The van der Waals surface area contributed by atoms with E-state index in [1.807, 2.05) is 65.2 Å². The van der Waals surface area contributed by atoms with E-state index in [0.717, 1.165) is 57.8 Å². The van der Waals surface area contributed by atoms with Crippen LogP contribution in [0.15, 0.2) is 73.1 Å². The summed E-state index contributed by atoms with van der Waals surface area (Å²) in [5.41, 5.74) is 10.6. The van der Waals surface area contributed by atoms with E-state index in [2.05, 4.69) is 21.4 Å². The van der Waals surface area contributed by atoms with Crippen LogP contribution in [0.3, 0.4) is 0 Å². The van der Waals surface area contributed by atoms with Gasteiger partial charge in [0.15, 0.2) is 0 Å². The number of benzene rings is 2. The quantitative estimate of drug-likeness (QED) is 0.394. The van der Waals surface area contributed by atoms with Crippen LogP contribution in [-0.4, -0.2) is 30.6 Å². The molecular weight excluding hydrogens is 400 g/mol. The van der Waals surface area contributed by atoms with Crippen LogP contribution >= 0.6 is 0 Å². The van der Waals surface area contributed by atoms with Crippen LogP contribution in [0.1, 0.15) is 24.6 Å². The number of hydrogen-bond donors (Lipinski definition) is 3. The summed E-state index contributed by atoms with van der Waals surface area (Å²) in [6.45, 7) is 0. The van der Waals surface area contributed by atoms with Crippen LogP contribution in [-0.2, 0) is 0 Å². The molecule has 0 atom stereocenters. The van der Waals surface area contributed by atoms with E-state index in [1.54, 1.807) is 6.20 Å². The predicted octanol–water partition coefficient (Wildman–Crippen LogP) is 4.51. The first-order chi connectivity index (χ1) is 15.6. The SMILES string of the molecule is Nc1nc(-c2ccc3ccc(Nc4ccccc4)nc3c2)cn2c(C3CC(O)C3)ncc12. The third-order valence-electron chi connectivity index (χ3n) is 6.09. The van der Waals surface area contributed by atoms with Gasteiger partial charge < -0.3 is 16.2 Å². The van der Waals surface area contributed by atoms with Gasteiger partial charge in [-0.05, 0) is 43.2 Å².